The number of benzene rings is 2. The fourth-order valence-corrected chi connectivity index (χ4v) is 1.89. The van der Waals surface area contributed by atoms with E-state index in [9.17, 15) is 4.79 Å². The molecule has 0 aromatic heterocycles. The maximum Gasteiger partial charge on any atom is 0.251 e. The van der Waals surface area contributed by atoms with Crippen LogP contribution in [0.15, 0.2) is 54.6 Å². The van der Waals surface area contributed by atoms with E-state index in [2.05, 4.69) is 5.32 Å². The molecule has 1 amide bonds. The Morgan fingerprint density at radius 1 is 1.20 bits per heavy atom. The highest BCUT2D eigenvalue weighted by molar-refractivity contribution is 5.94. The molecule has 1 unspecified atom stereocenters. The van der Waals surface area contributed by atoms with E-state index in [0.29, 0.717) is 17.9 Å². The van der Waals surface area contributed by atoms with E-state index in [1.165, 1.54) is 0 Å². The first-order chi connectivity index (χ1) is 9.70. The average molecular weight is 270 g/mol. The molecule has 4 nitrogen and oxygen atoms in total. The van der Waals surface area contributed by atoms with Crippen molar-refractivity contribution in [2.24, 2.45) is 5.73 Å². The number of amides is 1. The summed E-state index contributed by atoms with van der Waals surface area (Å²) in [5.74, 6) is 0.500. The van der Waals surface area contributed by atoms with E-state index in [4.69, 9.17) is 10.5 Å². The van der Waals surface area contributed by atoms with Crippen molar-refractivity contribution in [1.29, 1.82) is 0 Å². The molecule has 0 fully saturated rings. The monoisotopic (exact) mass is 270 g/mol. The van der Waals surface area contributed by atoms with Gasteiger partial charge in [0, 0.05) is 18.2 Å². The normalized spacial score (nSPS) is 11.7. The van der Waals surface area contributed by atoms with Crippen LogP contribution in [0.3, 0.4) is 0 Å². The Bertz CT molecular complexity index is 570. The zero-order valence-electron chi connectivity index (χ0n) is 11.4. The molecule has 0 aliphatic rings. The molecule has 0 saturated carbocycles. The van der Waals surface area contributed by atoms with Gasteiger partial charge >= 0.3 is 0 Å². The predicted molar refractivity (Wildman–Crippen MR) is 78.7 cm³/mol. The van der Waals surface area contributed by atoms with Crippen LogP contribution in [-0.4, -0.2) is 19.6 Å². The molecule has 0 aliphatic carbocycles. The number of carbonyl (C=O) groups excluding carboxylic acids is 1. The largest absolute Gasteiger partial charge is 0.497 e. The second-order valence-corrected chi connectivity index (χ2v) is 4.46. The van der Waals surface area contributed by atoms with Gasteiger partial charge in [0.05, 0.1) is 7.11 Å². The smallest absolute Gasteiger partial charge is 0.251 e. The van der Waals surface area contributed by atoms with Gasteiger partial charge in [-0.05, 0) is 23.8 Å². The molecule has 3 N–H and O–H groups in total. The molecule has 104 valence electrons. The third-order valence-corrected chi connectivity index (χ3v) is 3.04. The number of rotatable bonds is 5. The van der Waals surface area contributed by atoms with Gasteiger partial charge in [0.1, 0.15) is 5.75 Å². The van der Waals surface area contributed by atoms with Gasteiger partial charge < -0.3 is 15.8 Å². The number of carbonyl (C=O) groups is 1. The summed E-state index contributed by atoms with van der Waals surface area (Å²) in [6.45, 7) is 0.389. The summed E-state index contributed by atoms with van der Waals surface area (Å²) in [7, 11) is 1.57. The first-order valence-electron chi connectivity index (χ1n) is 6.43. The Morgan fingerprint density at radius 3 is 2.65 bits per heavy atom. The van der Waals surface area contributed by atoms with Crippen molar-refractivity contribution in [3.05, 3.63) is 65.7 Å². The molecule has 1 atom stereocenters. The van der Waals surface area contributed by atoms with Gasteiger partial charge in [-0.15, -0.1) is 0 Å². The minimum absolute atomic E-state index is 0.157. The average Bonchev–Trinajstić information content (AvgIpc) is 2.53. The molecular weight excluding hydrogens is 252 g/mol. The Balaban J connectivity index is 1.95. The summed E-state index contributed by atoms with van der Waals surface area (Å²) in [5.41, 5.74) is 7.60. The molecule has 0 heterocycles. The van der Waals surface area contributed by atoms with E-state index in [1.54, 1.807) is 31.4 Å². The summed E-state index contributed by atoms with van der Waals surface area (Å²) in [6, 6.07) is 16.5. The van der Waals surface area contributed by atoms with Crippen molar-refractivity contribution >= 4 is 5.91 Å². The van der Waals surface area contributed by atoms with Crippen LogP contribution in [0.2, 0.25) is 0 Å². The van der Waals surface area contributed by atoms with Gasteiger partial charge in [-0.2, -0.15) is 0 Å². The molecule has 4 heteroatoms. The maximum absolute atomic E-state index is 12.0. The van der Waals surface area contributed by atoms with Crippen LogP contribution in [0, 0.1) is 0 Å². The van der Waals surface area contributed by atoms with Crippen LogP contribution >= 0.6 is 0 Å². The maximum atomic E-state index is 12.0. The molecule has 2 aromatic carbocycles. The van der Waals surface area contributed by atoms with Gasteiger partial charge in [0.25, 0.3) is 5.91 Å². The Morgan fingerprint density at radius 2 is 1.95 bits per heavy atom. The predicted octanol–water partition coefficient (Wildman–Crippen LogP) is 2.12. The lowest BCUT2D eigenvalue weighted by Crippen LogP contribution is -2.31. The van der Waals surface area contributed by atoms with Gasteiger partial charge in [0.2, 0.25) is 0 Å². The zero-order chi connectivity index (χ0) is 14.4. The highest BCUT2D eigenvalue weighted by Crippen LogP contribution is 2.13. The van der Waals surface area contributed by atoms with Crippen LogP contribution in [-0.2, 0) is 0 Å². The third kappa shape index (κ3) is 3.59. The van der Waals surface area contributed by atoms with Crippen LogP contribution in [0.4, 0.5) is 0 Å². The van der Waals surface area contributed by atoms with Crippen LogP contribution in [0.25, 0.3) is 0 Å². The molecule has 2 aromatic rings. The quantitative estimate of drug-likeness (QED) is 0.874. The van der Waals surface area contributed by atoms with Crippen molar-refractivity contribution in [2.45, 2.75) is 6.04 Å². The first-order valence-corrected chi connectivity index (χ1v) is 6.43. The summed E-state index contributed by atoms with van der Waals surface area (Å²) in [5, 5.41) is 2.83. The fraction of sp³-hybridized carbons (Fsp3) is 0.188. The Kier molecular flexibility index (Phi) is 4.74. The first kappa shape index (κ1) is 14.1. The van der Waals surface area contributed by atoms with Crippen molar-refractivity contribution in [2.75, 3.05) is 13.7 Å². The number of methoxy groups -OCH3 is 1. The van der Waals surface area contributed by atoms with Gasteiger partial charge in [-0.1, -0.05) is 36.4 Å². The summed E-state index contributed by atoms with van der Waals surface area (Å²) in [4.78, 5) is 12.0. The number of ether oxygens (including phenoxy) is 1. The lowest BCUT2D eigenvalue weighted by atomic mass is 10.1. The van der Waals surface area contributed by atoms with E-state index in [0.717, 1.165) is 5.56 Å². The van der Waals surface area contributed by atoms with E-state index in [-0.39, 0.29) is 11.9 Å². The van der Waals surface area contributed by atoms with Crippen LogP contribution in [0.1, 0.15) is 22.0 Å². The van der Waals surface area contributed by atoms with E-state index < -0.39 is 0 Å². The van der Waals surface area contributed by atoms with Crippen molar-refractivity contribution in [1.82, 2.24) is 5.32 Å². The summed E-state index contributed by atoms with van der Waals surface area (Å²) in [6.07, 6.45) is 0. The topological polar surface area (TPSA) is 64.3 Å². The Hall–Kier alpha value is -2.33. The second kappa shape index (κ2) is 6.73. The Labute approximate surface area is 118 Å². The summed E-state index contributed by atoms with van der Waals surface area (Å²) >= 11 is 0. The fourth-order valence-electron chi connectivity index (χ4n) is 1.89. The third-order valence-electron chi connectivity index (χ3n) is 3.04. The molecule has 0 saturated heterocycles. The minimum Gasteiger partial charge on any atom is -0.497 e. The molecule has 2 rings (SSSR count). The van der Waals surface area contributed by atoms with Crippen LogP contribution < -0.4 is 15.8 Å². The van der Waals surface area contributed by atoms with Crippen LogP contribution in [0.5, 0.6) is 5.75 Å². The highest BCUT2D eigenvalue weighted by Gasteiger charge is 2.10. The number of hydrogen-bond donors (Lipinski definition) is 2. The number of hydrogen-bond acceptors (Lipinski definition) is 3. The second-order valence-electron chi connectivity index (χ2n) is 4.46. The molecule has 0 aliphatic heterocycles. The highest BCUT2D eigenvalue weighted by atomic mass is 16.5. The standard InChI is InChI=1S/C16H18N2O2/c1-20-14-9-5-8-13(10-14)16(19)18-11-15(17)12-6-3-2-4-7-12/h2-10,15H,11,17H2,1H3,(H,18,19). The molecular formula is C16H18N2O2. The van der Waals surface area contributed by atoms with Gasteiger partial charge in [-0.3, -0.25) is 4.79 Å². The molecule has 0 spiro atoms. The van der Waals surface area contributed by atoms with E-state index >= 15 is 0 Å². The SMILES string of the molecule is COc1cccc(C(=O)NCC(N)c2ccccc2)c1. The summed E-state index contributed by atoms with van der Waals surface area (Å²) < 4.78 is 5.10. The lowest BCUT2D eigenvalue weighted by molar-refractivity contribution is 0.0951. The van der Waals surface area contributed by atoms with Gasteiger partial charge in [0.15, 0.2) is 0 Å². The number of nitrogens with one attached hydrogen (secondary N) is 1. The van der Waals surface area contributed by atoms with Crippen molar-refractivity contribution in [3.63, 3.8) is 0 Å². The molecule has 0 bridgehead atoms. The number of nitrogens with two attached hydrogens (primary N) is 1. The zero-order valence-corrected chi connectivity index (χ0v) is 11.4. The molecule has 20 heavy (non-hydrogen) atoms. The van der Waals surface area contributed by atoms with Crippen molar-refractivity contribution < 1.29 is 9.53 Å². The van der Waals surface area contributed by atoms with E-state index in [1.807, 2.05) is 30.3 Å². The lowest BCUT2D eigenvalue weighted by Gasteiger charge is -2.13. The van der Waals surface area contributed by atoms with Gasteiger partial charge in [-0.25, -0.2) is 0 Å². The van der Waals surface area contributed by atoms with Crippen molar-refractivity contribution in [3.8, 4) is 5.75 Å². The molecule has 0 radical (unpaired) electrons. The minimum atomic E-state index is -0.217.